The molecule has 4 nitrogen and oxygen atoms in total. The zero-order valence-electron chi connectivity index (χ0n) is 26.2. The molecule has 2 aromatic carbocycles. The highest BCUT2D eigenvalue weighted by molar-refractivity contribution is 6.74. The number of nitrogens with zero attached hydrogens (tertiary/aromatic N) is 1. The van der Waals surface area contributed by atoms with Crippen LogP contribution < -0.4 is 0 Å². The van der Waals surface area contributed by atoms with Crippen LogP contribution >= 0.6 is 0 Å². The van der Waals surface area contributed by atoms with Crippen LogP contribution in [0, 0.1) is 0 Å². The molecule has 0 aliphatic carbocycles. The maximum atomic E-state index is 7.05. The summed E-state index contributed by atoms with van der Waals surface area (Å²) in [6.45, 7) is 23.6. The van der Waals surface area contributed by atoms with Gasteiger partial charge >= 0.3 is 0 Å². The molecule has 0 spiro atoms. The number of pyridine rings is 1. The van der Waals surface area contributed by atoms with Gasteiger partial charge in [-0.15, -0.1) is 0 Å². The summed E-state index contributed by atoms with van der Waals surface area (Å²) >= 11 is 0. The van der Waals surface area contributed by atoms with Crippen molar-refractivity contribution in [3.63, 3.8) is 0 Å². The largest absolute Gasteiger partial charge is 0.414 e. The Morgan fingerprint density at radius 2 is 1.30 bits per heavy atom. The number of hydrogen-bond donors (Lipinski definition) is 0. The number of ether oxygens (including phenoxy) is 1. The third kappa shape index (κ3) is 6.85. The van der Waals surface area contributed by atoms with Gasteiger partial charge in [-0.25, -0.2) is 4.98 Å². The first-order valence-electron chi connectivity index (χ1n) is 14.7. The van der Waals surface area contributed by atoms with Crippen molar-refractivity contribution in [1.82, 2.24) is 4.98 Å². The summed E-state index contributed by atoms with van der Waals surface area (Å²) in [5.74, 6) is 0. The highest BCUT2D eigenvalue weighted by Crippen LogP contribution is 2.45. The average Bonchev–Trinajstić information content (AvgIpc) is 3.28. The first-order chi connectivity index (χ1) is 18.6. The Labute approximate surface area is 244 Å². The predicted molar refractivity (Wildman–Crippen MR) is 173 cm³/mol. The highest BCUT2D eigenvalue weighted by atomic mass is 28.4. The molecule has 1 aliphatic heterocycles. The fourth-order valence-electron chi connectivity index (χ4n) is 4.58. The molecular weight excluding hydrogens is 527 g/mol. The third-order valence-corrected chi connectivity index (χ3v) is 18.3. The van der Waals surface area contributed by atoms with Crippen molar-refractivity contribution in [2.24, 2.45) is 0 Å². The van der Waals surface area contributed by atoms with Crippen LogP contribution in [0.15, 0.2) is 72.8 Å². The zero-order chi connectivity index (χ0) is 29.3. The molecule has 0 amide bonds. The number of rotatable bonds is 8. The average molecular weight is 576 g/mol. The molecule has 1 saturated heterocycles. The molecule has 4 rings (SSSR count). The number of benzene rings is 2. The molecule has 0 radical (unpaired) electrons. The lowest BCUT2D eigenvalue weighted by Crippen LogP contribution is -2.48. The minimum atomic E-state index is -2.02. The lowest BCUT2D eigenvalue weighted by molar-refractivity contribution is -0.0163. The van der Waals surface area contributed by atoms with Gasteiger partial charge in [-0.3, -0.25) is 0 Å². The van der Waals surface area contributed by atoms with E-state index in [2.05, 4.69) is 128 Å². The van der Waals surface area contributed by atoms with Crippen molar-refractivity contribution in [2.45, 2.75) is 103 Å². The van der Waals surface area contributed by atoms with Gasteiger partial charge in [0.15, 0.2) is 16.6 Å². The summed E-state index contributed by atoms with van der Waals surface area (Å²) in [5.41, 5.74) is 5.27. The van der Waals surface area contributed by atoms with Gasteiger partial charge in [0, 0.05) is 23.1 Å². The van der Waals surface area contributed by atoms with E-state index in [1.165, 1.54) is 0 Å². The lowest BCUT2D eigenvalue weighted by Gasteiger charge is -2.40. The van der Waals surface area contributed by atoms with Crippen LogP contribution in [0.5, 0.6) is 0 Å². The molecule has 3 aromatic rings. The van der Waals surface area contributed by atoms with Gasteiger partial charge in [0.25, 0.3) is 0 Å². The topological polar surface area (TPSA) is 40.6 Å². The minimum absolute atomic E-state index is 0.0203. The normalized spacial score (nSPS) is 20.6. The molecule has 0 unspecified atom stereocenters. The molecular formula is C34H49NO3Si2. The zero-order valence-corrected chi connectivity index (χ0v) is 28.2. The van der Waals surface area contributed by atoms with E-state index in [1.54, 1.807) is 0 Å². The van der Waals surface area contributed by atoms with Gasteiger partial charge in [0.05, 0.1) is 30.2 Å². The van der Waals surface area contributed by atoms with Crippen LogP contribution in [0.2, 0.25) is 36.3 Å². The first kappa shape index (κ1) is 30.9. The Bertz CT molecular complexity index is 1260. The fraction of sp³-hybridized carbons (Fsp3) is 0.500. The van der Waals surface area contributed by atoms with Gasteiger partial charge in [0.2, 0.25) is 0 Å². The SMILES string of the molecule is CC(C)(C)[Si](C)(C)OC[C@H]1O[C@@H](c2ccc(-c3ccccc3)nc2-c2ccccc2)C[C@@H]1O[Si](C)(C)C(C)(C)C. The van der Waals surface area contributed by atoms with Crippen LogP contribution in [0.4, 0.5) is 0 Å². The summed E-state index contributed by atoms with van der Waals surface area (Å²) in [4.78, 5) is 5.20. The molecule has 1 aromatic heterocycles. The maximum Gasteiger partial charge on any atom is 0.192 e. The molecule has 1 aliphatic rings. The van der Waals surface area contributed by atoms with E-state index in [0.717, 1.165) is 34.5 Å². The third-order valence-electron chi connectivity index (χ3n) is 9.26. The Balaban J connectivity index is 1.70. The van der Waals surface area contributed by atoms with Crippen LogP contribution in [0.3, 0.4) is 0 Å². The van der Waals surface area contributed by atoms with Gasteiger partial charge in [-0.1, -0.05) is 108 Å². The summed E-state index contributed by atoms with van der Waals surface area (Å²) < 4.78 is 20.7. The van der Waals surface area contributed by atoms with E-state index >= 15 is 0 Å². The van der Waals surface area contributed by atoms with E-state index in [9.17, 15) is 0 Å². The van der Waals surface area contributed by atoms with Gasteiger partial charge in [-0.05, 0) is 42.3 Å². The van der Waals surface area contributed by atoms with Crippen LogP contribution in [0.1, 0.15) is 59.6 Å². The van der Waals surface area contributed by atoms with E-state index in [-0.39, 0.29) is 28.4 Å². The smallest absolute Gasteiger partial charge is 0.192 e. The minimum Gasteiger partial charge on any atom is -0.414 e. The Hall–Kier alpha value is -2.10. The molecule has 0 saturated carbocycles. The number of hydrogen-bond acceptors (Lipinski definition) is 4. The maximum absolute atomic E-state index is 7.05. The summed E-state index contributed by atoms with van der Waals surface area (Å²) in [7, 11) is -3.97. The van der Waals surface area contributed by atoms with Gasteiger partial charge in [0.1, 0.15) is 6.10 Å². The summed E-state index contributed by atoms with van der Waals surface area (Å²) in [6.07, 6.45) is 0.540. The standard InChI is InChI=1S/C34H49NO3Si2/c1-33(2,3)39(7,8)36-24-31-30(38-40(9,10)34(4,5)6)23-29(37-31)27-21-22-28(25-17-13-11-14-18-25)35-32(27)26-19-15-12-16-20-26/h11-22,29-31H,23-24H2,1-10H3/t29-,30+,31-/m1/s1. The fourth-order valence-corrected chi connectivity index (χ4v) is 6.95. The summed E-state index contributed by atoms with van der Waals surface area (Å²) in [6, 6.07) is 25.2. The van der Waals surface area contributed by atoms with Crippen LogP contribution in [-0.2, 0) is 13.6 Å². The Kier molecular flexibility index (Phi) is 8.99. The van der Waals surface area contributed by atoms with E-state index in [0.29, 0.717) is 6.61 Å². The van der Waals surface area contributed by atoms with E-state index in [4.69, 9.17) is 18.6 Å². The molecule has 2 heterocycles. The summed E-state index contributed by atoms with van der Waals surface area (Å²) in [5, 5.41) is 0.252. The number of aromatic nitrogens is 1. The molecule has 3 atom stereocenters. The Morgan fingerprint density at radius 1 is 0.750 bits per heavy atom. The van der Waals surface area contributed by atoms with Crippen molar-refractivity contribution >= 4 is 16.6 Å². The van der Waals surface area contributed by atoms with Crippen molar-refractivity contribution in [3.05, 3.63) is 78.4 Å². The molecule has 216 valence electrons. The van der Waals surface area contributed by atoms with Crippen molar-refractivity contribution in [1.29, 1.82) is 0 Å². The highest BCUT2D eigenvalue weighted by Gasteiger charge is 2.47. The molecule has 6 heteroatoms. The van der Waals surface area contributed by atoms with Crippen LogP contribution in [0.25, 0.3) is 22.5 Å². The first-order valence-corrected chi connectivity index (χ1v) is 20.5. The van der Waals surface area contributed by atoms with Crippen LogP contribution in [-0.4, -0.2) is 40.4 Å². The molecule has 0 N–H and O–H groups in total. The second kappa shape index (κ2) is 11.6. The molecule has 1 fully saturated rings. The second-order valence-electron chi connectivity index (χ2n) is 14.3. The lowest BCUT2D eigenvalue weighted by atomic mass is 9.97. The molecule has 40 heavy (non-hydrogen) atoms. The van der Waals surface area contributed by atoms with Crippen molar-refractivity contribution in [3.8, 4) is 22.5 Å². The Morgan fingerprint density at radius 3 is 1.85 bits per heavy atom. The predicted octanol–water partition coefficient (Wildman–Crippen LogP) is 9.66. The van der Waals surface area contributed by atoms with Gasteiger partial charge in [-0.2, -0.15) is 0 Å². The van der Waals surface area contributed by atoms with Crippen molar-refractivity contribution < 1.29 is 13.6 Å². The van der Waals surface area contributed by atoms with Gasteiger partial charge < -0.3 is 13.6 Å². The monoisotopic (exact) mass is 575 g/mol. The van der Waals surface area contributed by atoms with E-state index < -0.39 is 16.6 Å². The second-order valence-corrected chi connectivity index (χ2v) is 23.8. The quantitative estimate of drug-likeness (QED) is 0.251. The van der Waals surface area contributed by atoms with Crippen molar-refractivity contribution in [2.75, 3.05) is 6.61 Å². The molecule has 0 bridgehead atoms. The van der Waals surface area contributed by atoms with E-state index in [1.807, 2.05) is 12.1 Å².